The average Bonchev–Trinajstić information content (AvgIpc) is 2.72. The van der Waals surface area contributed by atoms with Crippen LogP contribution in [0.4, 0.5) is 23.7 Å². The Labute approximate surface area is 180 Å². The number of fused-ring (bicyclic) bond motifs is 6. The van der Waals surface area contributed by atoms with Crippen LogP contribution in [-0.2, 0) is 0 Å². The van der Waals surface area contributed by atoms with Crippen LogP contribution < -0.4 is 10.1 Å². The molecule has 3 aliphatic heterocycles. The van der Waals surface area contributed by atoms with Gasteiger partial charge in [-0.25, -0.2) is 4.79 Å². The Morgan fingerprint density at radius 2 is 2.03 bits per heavy atom. The number of ether oxygens (including phenoxy) is 1. The van der Waals surface area contributed by atoms with Gasteiger partial charge in [0, 0.05) is 30.9 Å². The lowest BCUT2D eigenvalue weighted by molar-refractivity contribution is -0.274. The Balaban J connectivity index is 1.33. The van der Waals surface area contributed by atoms with Crippen molar-refractivity contribution in [3.63, 3.8) is 0 Å². The van der Waals surface area contributed by atoms with Gasteiger partial charge in [0.25, 0.3) is 0 Å². The molecular formula is C23H28F3N3O2. The van der Waals surface area contributed by atoms with E-state index in [4.69, 9.17) is 0 Å². The second-order valence-corrected chi connectivity index (χ2v) is 9.21. The first kappa shape index (κ1) is 20.7. The molecule has 1 aliphatic carbocycles. The number of piperidine rings is 3. The third-order valence-corrected chi connectivity index (χ3v) is 7.24. The van der Waals surface area contributed by atoms with Crippen LogP contribution in [-0.4, -0.2) is 53.9 Å². The topological polar surface area (TPSA) is 44.8 Å². The zero-order valence-corrected chi connectivity index (χ0v) is 17.4. The van der Waals surface area contributed by atoms with E-state index in [0.29, 0.717) is 30.1 Å². The van der Waals surface area contributed by atoms with Crippen LogP contribution in [0.5, 0.6) is 5.75 Å². The summed E-state index contributed by atoms with van der Waals surface area (Å²) in [5.41, 5.74) is 1.68. The van der Waals surface area contributed by atoms with Gasteiger partial charge in [-0.05, 0) is 62.6 Å². The van der Waals surface area contributed by atoms with Crippen LogP contribution in [0.15, 0.2) is 35.9 Å². The molecule has 1 aromatic carbocycles. The maximum absolute atomic E-state index is 13.2. The van der Waals surface area contributed by atoms with Gasteiger partial charge in [0.2, 0.25) is 0 Å². The summed E-state index contributed by atoms with van der Waals surface area (Å²) in [5.74, 6) is 0.670. The molecule has 31 heavy (non-hydrogen) atoms. The number of alkyl halides is 3. The van der Waals surface area contributed by atoms with Gasteiger partial charge in [-0.2, -0.15) is 0 Å². The summed E-state index contributed by atoms with van der Waals surface area (Å²) in [4.78, 5) is 17.7. The number of halogens is 3. The monoisotopic (exact) mass is 435 g/mol. The number of benzene rings is 1. The molecule has 1 N–H and O–H groups in total. The number of hydrogen-bond acceptors (Lipinski definition) is 3. The quantitative estimate of drug-likeness (QED) is 0.664. The first-order valence-electron chi connectivity index (χ1n) is 11.3. The highest BCUT2D eigenvalue weighted by molar-refractivity contribution is 5.90. The maximum atomic E-state index is 13.2. The lowest BCUT2D eigenvalue weighted by atomic mass is 9.68. The van der Waals surface area contributed by atoms with Crippen molar-refractivity contribution in [1.29, 1.82) is 0 Å². The Morgan fingerprint density at radius 3 is 2.87 bits per heavy atom. The molecule has 3 heterocycles. The molecule has 0 saturated carbocycles. The maximum Gasteiger partial charge on any atom is 0.573 e. The van der Waals surface area contributed by atoms with Crippen molar-refractivity contribution in [3.05, 3.63) is 35.9 Å². The van der Waals surface area contributed by atoms with E-state index < -0.39 is 6.36 Å². The summed E-state index contributed by atoms with van der Waals surface area (Å²) < 4.78 is 41.5. The van der Waals surface area contributed by atoms with Crippen molar-refractivity contribution in [1.82, 2.24) is 9.80 Å². The van der Waals surface area contributed by atoms with Gasteiger partial charge in [-0.1, -0.05) is 24.1 Å². The molecule has 5 nitrogen and oxygen atoms in total. The Morgan fingerprint density at radius 1 is 1.16 bits per heavy atom. The SMILES string of the molecule is O=C(Nc1cccc(OC(F)(F)F)c1)N1CCCC2=CC3C[C@@H](CN4CCCCC34)C21. The van der Waals surface area contributed by atoms with E-state index in [9.17, 15) is 18.0 Å². The van der Waals surface area contributed by atoms with Crippen molar-refractivity contribution >= 4 is 11.7 Å². The number of carbonyl (C=O) groups excluding carboxylic acids is 1. The molecule has 3 unspecified atom stereocenters. The van der Waals surface area contributed by atoms with Crippen LogP contribution in [0.3, 0.4) is 0 Å². The first-order chi connectivity index (χ1) is 14.9. The summed E-state index contributed by atoms with van der Waals surface area (Å²) in [6.45, 7) is 2.84. The van der Waals surface area contributed by atoms with Crippen LogP contribution in [0, 0.1) is 11.8 Å². The Bertz CT molecular complexity index is 872. The molecule has 2 amide bonds. The van der Waals surface area contributed by atoms with E-state index in [2.05, 4.69) is 21.0 Å². The minimum atomic E-state index is -4.76. The Hall–Kier alpha value is -2.22. The van der Waals surface area contributed by atoms with Crippen molar-refractivity contribution in [2.24, 2.45) is 11.8 Å². The van der Waals surface area contributed by atoms with Gasteiger partial charge >= 0.3 is 12.4 Å². The molecule has 0 aromatic heterocycles. The highest BCUT2D eigenvalue weighted by Gasteiger charge is 2.47. The van der Waals surface area contributed by atoms with Gasteiger partial charge in [-0.3, -0.25) is 4.90 Å². The summed E-state index contributed by atoms with van der Waals surface area (Å²) in [6, 6.07) is 5.95. The minimum Gasteiger partial charge on any atom is -0.406 e. The third kappa shape index (κ3) is 4.27. The van der Waals surface area contributed by atoms with Crippen molar-refractivity contribution < 1.29 is 22.7 Å². The summed E-state index contributed by atoms with van der Waals surface area (Å²) >= 11 is 0. The van der Waals surface area contributed by atoms with E-state index in [-0.39, 0.29) is 17.8 Å². The number of likely N-dealkylation sites (tertiary alicyclic amines) is 1. The molecule has 3 fully saturated rings. The molecular weight excluding hydrogens is 407 g/mol. The number of rotatable bonds is 2. The van der Waals surface area contributed by atoms with E-state index >= 15 is 0 Å². The predicted octanol–water partition coefficient (Wildman–Crippen LogP) is 5.01. The van der Waals surface area contributed by atoms with Gasteiger partial charge in [0.1, 0.15) is 5.75 Å². The molecule has 5 rings (SSSR count). The van der Waals surface area contributed by atoms with E-state index in [0.717, 1.165) is 32.4 Å². The molecule has 168 valence electrons. The number of hydrogen-bond donors (Lipinski definition) is 1. The number of amides is 2. The number of nitrogens with one attached hydrogen (secondary N) is 1. The molecule has 0 spiro atoms. The Kier molecular flexibility index (Phi) is 5.36. The number of urea groups is 1. The van der Waals surface area contributed by atoms with Gasteiger partial charge in [0.05, 0.1) is 6.04 Å². The number of anilines is 1. The molecule has 3 saturated heterocycles. The zero-order valence-electron chi connectivity index (χ0n) is 17.4. The van der Waals surface area contributed by atoms with Crippen molar-refractivity contribution in [2.75, 3.05) is 25.0 Å². The largest absolute Gasteiger partial charge is 0.573 e. The van der Waals surface area contributed by atoms with Crippen LogP contribution in [0.2, 0.25) is 0 Å². The highest BCUT2D eigenvalue weighted by atomic mass is 19.4. The molecule has 8 heteroatoms. The molecule has 0 radical (unpaired) electrons. The predicted molar refractivity (Wildman–Crippen MR) is 111 cm³/mol. The van der Waals surface area contributed by atoms with Crippen LogP contribution in [0.25, 0.3) is 0 Å². The lowest BCUT2D eigenvalue weighted by Gasteiger charge is -2.54. The lowest BCUT2D eigenvalue weighted by Crippen LogP contribution is -2.60. The molecule has 1 aromatic rings. The molecule has 2 bridgehead atoms. The minimum absolute atomic E-state index is 0.0856. The third-order valence-electron chi connectivity index (χ3n) is 7.24. The fraction of sp³-hybridized carbons (Fsp3) is 0.609. The van der Waals surface area contributed by atoms with Crippen LogP contribution >= 0.6 is 0 Å². The summed E-state index contributed by atoms with van der Waals surface area (Å²) in [7, 11) is 0. The summed E-state index contributed by atoms with van der Waals surface area (Å²) in [5, 5.41) is 2.80. The number of carbonyl (C=O) groups is 1. The molecule has 4 aliphatic rings. The van der Waals surface area contributed by atoms with Gasteiger partial charge in [0.15, 0.2) is 0 Å². The van der Waals surface area contributed by atoms with E-state index in [1.807, 2.05) is 4.90 Å². The number of nitrogens with zero attached hydrogens (tertiary/aromatic N) is 2. The van der Waals surface area contributed by atoms with Crippen molar-refractivity contribution in [2.45, 2.75) is 57.0 Å². The fourth-order valence-corrected chi connectivity index (χ4v) is 6.17. The normalized spacial score (nSPS) is 30.7. The zero-order chi connectivity index (χ0) is 21.6. The second-order valence-electron chi connectivity index (χ2n) is 9.21. The van der Waals surface area contributed by atoms with Crippen molar-refractivity contribution in [3.8, 4) is 5.75 Å². The van der Waals surface area contributed by atoms with E-state index in [1.165, 1.54) is 43.0 Å². The molecule has 4 atom stereocenters. The average molecular weight is 435 g/mol. The van der Waals surface area contributed by atoms with Gasteiger partial charge in [-0.15, -0.1) is 13.2 Å². The van der Waals surface area contributed by atoms with Gasteiger partial charge < -0.3 is 15.0 Å². The highest BCUT2D eigenvalue weighted by Crippen LogP contribution is 2.45. The van der Waals surface area contributed by atoms with Crippen LogP contribution in [0.1, 0.15) is 38.5 Å². The summed E-state index contributed by atoms with van der Waals surface area (Å²) in [6.07, 6.45) is 4.57. The smallest absolute Gasteiger partial charge is 0.406 e. The standard InChI is InChI=1S/C23H28F3N3O2/c24-23(25,26)31-19-7-3-6-18(13-19)27-22(30)29-10-4-5-15-11-16-12-17(21(15)29)14-28-9-2-1-8-20(16)28/h3,6-7,11,13,16-17,20-21H,1-2,4-5,8-10,12,14H2,(H,27,30)/t16?,17-,20?,21?/m0/s1. The fourth-order valence-electron chi connectivity index (χ4n) is 6.17. The second kappa shape index (κ2) is 8.04. The first-order valence-corrected chi connectivity index (χ1v) is 11.3. The van der Waals surface area contributed by atoms with E-state index in [1.54, 1.807) is 6.07 Å².